The number of hydrazine groups is 1. The number of amides is 1. The lowest BCUT2D eigenvalue weighted by atomic mass is 9.98. The van der Waals surface area contributed by atoms with Crippen molar-refractivity contribution in [3.05, 3.63) is 57.9 Å². The molecule has 4 rings (SSSR count). The standard InChI is InChI=1S/C26H31ClN8O2.C2H6/c1-6-30-26(36)20-14(4)18(27)11-17(23(20)37-7-2)15(5)35-25-21(24(28)31-12-32-25)22(34-35)16-9-8-13(3)19(10-16)33-29;1-2/h8-12,15,33H,6-7,29H2,1-5H3,(H,30,36)(H2,28,31,32);1-2H3. The lowest BCUT2D eigenvalue weighted by molar-refractivity contribution is 0.0951. The number of nitrogens with one attached hydrogen (secondary N) is 2. The summed E-state index contributed by atoms with van der Waals surface area (Å²) in [6, 6.07) is 7.19. The number of aryl methyl sites for hydroxylation is 1. The second-order valence-corrected chi connectivity index (χ2v) is 9.08. The highest BCUT2D eigenvalue weighted by Crippen LogP contribution is 2.40. The number of carbonyl (C=O) groups is 1. The van der Waals surface area contributed by atoms with Gasteiger partial charge in [0.15, 0.2) is 5.65 Å². The topological polar surface area (TPSA) is 146 Å². The molecule has 0 spiro atoms. The van der Waals surface area contributed by atoms with E-state index in [1.807, 2.05) is 65.8 Å². The van der Waals surface area contributed by atoms with Gasteiger partial charge in [-0.1, -0.05) is 37.6 Å². The summed E-state index contributed by atoms with van der Waals surface area (Å²) in [5, 5.41) is 8.86. The number of halogens is 1. The first-order valence-corrected chi connectivity index (χ1v) is 13.4. The molecule has 4 aromatic rings. The maximum absolute atomic E-state index is 13.0. The molecule has 1 atom stereocenters. The van der Waals surface area contributed by atoms with E-state index in [0.29, 0.717) is 63.2 Å². The number of aromatic nitrogens is 4. The van der Waals surface area contributed by atoms with Crippen LogP contribution >= 0.6 is 11.6 Å². The normalized spacial score (nSPS) is 11.5. The summed E-state index contributed by atoms with van der Waals surface area (Å²) >= 11 is 6.63. The number of anilines is 2. The predicted octanol–water partition coefficient (Wildman–Crippen LogP) is 5.42. The highest BCUT2D eigenvalue weighted by Gasteiger charge is 2.28. The van der Waals surface area contributed by atoms with Crippen LogP contribution in [-0.4, -0.2) is 38.8 Å². The van der Waals surface area contributed by atoms with Crippen molar-refractivity contribution in [1.29, 1.82) is 0 Å². The van der Waals surface area contributed by atoms with E-state index in [2.05, 4.69) is 20.7 Å². The van der Waals surface area contributed by atoms with E-state index >= 15 is 0 Å². The molecule has 2 heterocycles. The Balaban J connectivity index is 0.00000205. The van der Waals surface area contributed by atoms with Crippen LogP contribution in [0.25, 0.3) is 22.3 Å². The summed E-state index contributed by atoms with van der Waals surface area (Å²) in [6.07, 6.45) is 1.40. The van der Waals surface area contributed by atoms with Crippen LogP contribution in [0.15, 0.2) is 30.6 Å². The highest BCUT2D eigenvalue weighted by atomic mass is 35.5. The van der Waals surface area contributed by atoms with E-state index in [1.165, 1.54) is 6.33 Å². The molecule has 208 valence electrons. The zero-order chi connectivity index (χ0) is 28.9. The third-order valence-electron chi connectivity index (χ3n) is 6.36. The Morgan fingerprint density at radius 3 is 2.54 bits per heavy atom. The van der Waals surface area contributed by atoms with Gasteiger partial charge in [-0.3, -0.25) is 10.6 Å². The lowest BCUT2D eigenvalue weighted by Gasteiger charge is -2.22. The molecular weight excluding hydrogens is 516 g/mol. The average Bonchev–Trinajstić information content (AvgIpc) is 3.33. The van der Waals surface area contributed by atoms with Gasteiger partial charge in [0.25, 0.3) is 5.91 Å². The summed E-state index contributed by atoms with van der Waals surface area (Å²) in [6.45, 7) is 14.3. The third kappa shape index (κ3) is 5.62. The number of nitrogen functional groups attached to an aromatic ring is 2. The molecule has 2 aromatic carbocycles. The number of rotatable bonds is 8. The van der Waals surface area contributed by atoms with Gasteiger partial charge in [-0.25, -0.2) is 14.6 Å². The van der Waals surface area contributed by atoms with Gasteiger partial charge >= 0.3 is 0 Å². The van der Waals surface area contributed by atoms with Crippen LogP contribution in [-0.2, 0) is 0 Å². The van der Waals surface area contributed by atoms with Crippen molar-refractivity contribution < 1.29 is 9.53 Å². The van der Waals surface area contributed by atoms with Crippen molar-refractivity contribution in [2.45, 2.75) is 54.5 Å². The van der Waals surface area contributed by atoms with Gasteiger partial charge in [0, 0.05) is 22.7 Å². The van der Waals surface area contributed by atoms with Crippen LogP contribution in [0.3, 0.4) is 0 Å². The number of ether oxygens (including phenoxy) is 1. The Kier molecular flexibility index (Phi) is 9.71. The minimum atomic E-state index is -0.420. The van der Waals surface area contributed by atoms with Crippen LogP contribution in [0.1, 0.15) is 67.7 Å². The first-order valence-electron chi connectivity index (χ1n) is 13.0. The number of nitrogens with zero attached hydrogens (tertiary/aromatic N) is 4. The van der Waals surface area contributed by atoms with E-state index in [4.69, 9.17) is 33.0 Å². The second-order valence-electron chi connectivity index (χ2n) is 8.67. The van der Waals surface area contributed by atoms with E-state index in [0.717, 1.165) is 16.8 Å². The Morgan fingerprint density at radius 2 is 1.90 bits per heavy atom. The number of fused-ring (bicyclic) bond motifs is 1. The fourth-order valence-corrected chi connectivity index (χ4v) is 4.61. The number of nitrogens with two attached hydrogens (primary N) is 2. The Bertz CT molecular complexity index is 1480. The van der Waals surface area contributed by atoms with Gasteiger partial charge in [-0.15, -0.1) is 0 Å². The molecule has 0 radical (unpaired) electrons. The monoisotopic (exact) mass is 552 g/mol. The molecule has 1 amide bonds. The van der Waals surface area contributed by atoms with Crippen LogP contribution < -0.4 is 27.1 Å². The number of hydrogen-bond donors (Lipinski definition) is 4. The zero-order valence-corrected chi connectivity index (χ0v) is 24.3. The van der Waals surface area contributed by atoms with E-state index < -0.39 is 6.04 Å². The fraction of sp³-hybridized carbons (Fsp3) is 0.357. The maximum atomic E-state index is 13.0. The lowest BCUT2D eigenvalue weighted by Crippen LogP contribution is -2.25. The average molecular weight is 553 g/mol. The first kappa shape index (κ1) is 29.7. The Hall–Kier alpha value is -3.89. The van der Waals surface area contributed by atoms with Gasteiger partial charge in [0.1, 0.15) is 23.6 Å². The fourth-order valence-electron chi connectivity index (χ4n) is 4.40. The third-order valence-corrected chi connectivity index (χ3v) is 6.75. The molecule has 10 nitrogen and oxygen atoms in total. The van der Waals surface area contributed by atoms with Crippen molar-refractivity contribution in [1.82, 2.24) is 25.1 Å². The van der Waals surface area contributed by atoms with E-state index in [1.54, 1.807) is 11.6 Å². The molecule has 0 saturated heterocycles. The van der Waals surface area contributed by atoms with E-state index in [9.17, 15) is 4.79 Å². The minimum Gasteiger partial charge on any atom is -0.493 e. The van der Waals surface area contributed by atoms with Crippen LogP contribution in [0.2, 0.25) is 5.02 Å². The zero-order valence-electron chi connectivity index (χ0n) is 23.5. The number of carbonyl (C=O) groups excluding carboxylic acids is 1. The van der Waals surface area contributed by atoms with Crippen LogP contribution in [0, 0.1) is 13.8 Å². The van der Waals surface area contributed by atoms with Crippen molar-refractivity contribution in [2.24, 2.45) is 5.84 Å². The minimum absolute atomic E-state index is 0.251. The number of benzene rings is 2. The van der Waals surface area contributed by atoms with Gasteiger partial charge in [0.05, 0.1) is 29.3 Å². The molecule has 0 aliphatic carbocycles. The smallest absolute Gasteiger partial charge is 0.255 e. The molecule has 2 aromatic heterocycles. The quantitative estimate of drug-likeness (QED) is 0.167. The SMILES string of the molecule is CC.CCNC(=O)c1c(C)c(Cl)cc(C(C)n2nc(-c3ccc(C)c(NN)c3)c3c(N)ncnc32)c1OCC. The van der Waals surface area contributed by atoms with Gasteiger partial charge < -0.3 is 21.2 Å². The highest BCUT2D eigenvalue weighted by molar-refractivity contribution is 6.32. The van der Waals surface area contributed by atoms with Gasteiger partial charge in [0.2, 0.25) is 0 Å². The van der Waals surface area contributed by atoms with Crippen molar-refractivity contribution >= 4 is 40.0 Å². The Morgan fingerprint density at radius 1 is 1.18 bits per heavy atom. The first-order chi connectivity index (χ1) is 18.7. The van der Waals surface area contributed by atoms with Crippen molar-refractivity contribution in [3.63, 3.8) is 0 Å². The molecule has 0 fully saturated rings. The maximum Gasteiger partial charge on any atom is 0.255 e. The number of hydrogen-bond acceptors (Lipinski definition) is 8. The molecule has 0 aliphatic rings. The molecule has 1 unspecified atom stereocenters. The molecule has 6 N–H and O–H groups in total. The molecule has 39 heavy (non-hydrogen) atoms. The molecule has 0 saturated carbocycles. The summed E-state index contributed by atoms with van der Waals surface area (Å²) in [5.41, 5.74) is 14.5. The van der Waals surface area contributed by atoms with Gasteiger partial charge in [-0.05, 0) is 57.9 Å². The molecule has 0 bridgehead atoms. The van der Waals surface area contributed by atoms with Crippen molar-refractivity contribution in [2.75, 3.05) is 24.3 Å². The molecule has 0 aliphatic heterocycles. The predicted molar refractivity (Wildman–Crippen MR) is 158 cm³/mol. The molecular formula is C28H37ClN8O2. The Labute approximate surface area is 234 Å². The second kappa shape index (κ2) is 12.8. The molecule has 11 heteroatoms. The van der Waals surface area contributed by atoms with Gasteiger partial charge in [-0.2, -0.15) is 5.10 Å². The van der Waals surface area contributed by atoms with E-state index in [-0.39, 0.29) is 5.91 Å². The summed E-state index contributed by atoms with van der Waals surface area (Å²) in [4.78, 5) is 21.8. The summed E-state index contributed by atoms with van der Waals surface area (Å²) in [5.74, 6) is 6.23. The summed E-state index contributed by atoms with van der Waals surface area (Å²) < 4.78 is 7.80. The van der Waals surface area contributed by atoms with Crippen molar-refractivity contribution in [3.8, 4) is 17.0 Å². The van der Waals surface area contributed by atoms with Crippen LogP contribution in [0.5, 0.6) is 5.75 Å². The largest absolute Gasteiger partial charge is 0.493 e. The van der Waals surface area contributed by atoms with Crippen LogP contribution in [0.4, 0.5) is 11.5 Å². The summed E-state index contributed by atoms with van der Waals surface area (Å²) in [7, 11) is 0.